The van der Waals surface area contributed by atoms with Gasteiger partial charge in [0.05, 0.1) is 19.1 Å². The minimum Gasteiger partial charge on any atom is -0.394 e. The largest absolute Gasteiger partial charge is 0.394 e. The zero-order chi connectivity index (χ0) is 14.3. The van der Waals surface area contributed by atoms with Crippen molar-refractivity contribution in [1.82, 2.24) is 19.5 Å². The molecule has 108 valence electrons. The first kappa shape index (κ1) is 13.3. The highest BCUT2D eigenvalue weighted by Gasteiger charge is 2.56. The van der Waals surface area contributed by atoms with E-state index in [4.69, 9.17) is 9.84 Å². The van der Waals surface area contributed by atoms with Gasteiger partial charge < -0.3 is 20.1 Å². The second-order valence-electron chi connectivity index (χ2n) is 4.65. The number of fused-ring (bicyclic) bond motifs is 1. The fourth-order valence-electron chi connectivity index (χ4n) is 2.35. The second kappa shape index (κ2) is 4.70. The predicted molar refractivity (Wildman–Crippen MR) is 63.3 cm³/mol. The molecule has 1 aliphatic rings. The van der Waals surface area contributed by atoms with Crippen LogP contribution in [0.4, 0.5) is 4.39 Å². The zero-order valence-corrected chi connectivity index (χ0v) is 10.3. The topological polar surface area (TPSA) is 114 Å². The predicted octanol–water partition coefficient (Wildman–Crippen LogP) is -1.22. The number of halogens is 1. The van der Waals surface area contributed by atoms with Crippen LogP contribution in [0.1, 0.15) is 6.23 Å². The number of aromatic nitrogens is 4. The summed E-state index contributed by atoms with van der Waals surface area (Å²) in [6.07, 6.45) is 0.250. The molecule has 0 aromatic carbocycles. The number of nitrogens with zero attached hydrogens (tertiary/aromatic N) is 4. The van der Waals surface area contributed by atoms with Gasteiger partial charge in [-0.2, -0.15) is 0 Å². The van der Waals surface area contributed by atoms with Crippen LogP contribution in [0.2, 0.25) is 0 Å². The van der Waals surface area contributed by atoms with Crippen molar-refractivity contribution >= 4 is 11.2 Å². The Bertz CT molecular complexity index is 623. The molecule has 8 nitrogen and oxygen atoms in total. The Morgan fingerprint density at radius 3 is 2.90 bits per heavy atom. The van der Waals surface area contributed by atoms with Gasteiger partial charge in [-0.15, -0.1) is 0 Å². The van der Waals surface area contributed by atoms with Crippen LogP contribution in [-0.4, -0.2) is 65.9 Å². The lowest BCUT2D eigenvalue weighted by Gasteiger charge is -2.26. The third-order valence-electron chi connectivity index (χ3n) is 3.54. The Labute approximate surface area is 112 Å². The highest BCUT2D eigenvalue weighted by atomic mass is 19.1. The van der Waals surface area contributed by atoms with E-state index in [-0.39, 0.29) is 0 Å². The fourth-order valence-corrected chi connectivity index (χ4v) is 2.35. The maximum absolute atomic E-state index is 13.0. The molecule has 0 saturated carbocycles. The summed E-state index contributed by atoms with van der Waals surface area (Å²) in [6, 6.07) is 0. The molecule has 0 radical (unpaired) electrons. The SMILES string of the molecule is OC[C@H]1O[C@@H](n2cnc3cncnc32)[C@H](O)[C@@]1(O)CF. The van der Waals surface area contributed by atoms with Gasteiger partial charge in [-0.1, -0.05) is 0 Å². The van der Waals surface area contributed by atoms with E-state index >= 15 is 0 Å². The van der Waals surface area contributed by atoms with Gasteiger partial charge in [-0.05, 0) is 0 Å². The zero-order valence-electron chi connectivity index (χ0n) is 10.3. The molecule has 0 spiro atoms. The first-order valence-electron chi connectivity index (χ1n) is 5.97. The molecule has 0 amide bonds. The molecular formula is C11H13FN4O4. The second-order valence-corrected chi connectivity index (χ2v) is 4.65. The molecule has 3 rings (SSSR count). The Morgan fingerprint density at radius 1 is 1.45 bits per heavy atom. The molecule has 1 saturated heterocycles. The number of rotatable bonds is 3. The van der Waals surface area contributed by atoms with Crippen molar-refractivity contribution in [3.63, 3.8) is 0 Å². The lowest BCUT2D eigenvalue weighted by atomic mass is 9.94. The third-order valence-corrected chi connectivity index (χ3v) is 3.54. The molecule has 3 heterocycles. The van der Waals surface area contributed by atoms with Crippen LogP contribution in [-0.2, 0) is 4.74 Å². The Balaban J connectivity index is 2.03. The van der Waals surface area contributed by atoms with Crippen LogP contribution < -0.4 is 0 Å². The van der Waals surface area contributed by atoms with Crippen molar-refractivity contribution in [2.45, 2.75) is 24.0 Å². The van der Waals surface area contributed by atoms with Crippen molar-refractivity contribution in [1.29, 1.82) is 0 Å². The number of hydrogen-bond donors (Lipinski definition) is 3. The lowest BCUT2D eigenvalue weighted by Crippen LogP contribution is -2.51. The van der Waals surface area contributed by atoms with E-state index in [0.29, 0.717) is 11.2 Å². The van der Waals surface area contributed by atoms with Gasteiger partial charge in [0.25, 0.3) is 0 Å². The molecule has 2 aromatic rings. The van der Waals surface area contributed by atoms with Gasteiger partial charge in [0.2, 0.25) is 0 Å². The van der Waals surface area contributed by atoms with Crippen LogP contribution in [0.5, 0.6) is 0 Å². The minimum atomic E-state index is -2.16. The Morgan fingerprint density at radius 2 is 2.25 bits per heavy atom. The highest BCUT2D eigenvalue weighted by molar-refractivity contribution is 5.69. The molecule has 1 fully saturated rings. The van der Waals surface area contributed by atoms with Crippen molar-refractivity contribution < 1.29 is 24.4 Å². The summed E-state index contributed by atoms with van der Waals surface area (Å²) in [7, 11) is 0. The Kier molecular flexibility index (Phi) is 3.13. The summed E-state index contributed by atoms with van der Waals surface area (Å²) in [6.45, 7) is -1.85. The number of aliphatic hydroxyl groups excluding tert-OH is 2. The normalized spacial score (nSPS) is 33.9. The van der Waals surface area contributed by atoms with E-state index in [1.807, 2.05) is 0 Å². The first-order valence-corrected chi connectivity index (χ1v) is 5.97. The van der Waals surface area contributed by atoms with E-state index in [2.05, 4.69) is 15.0 Å². The smallest absolute Gasteiger partial charge is 0.166 e. The number of aliphatic hydroxyl groups is 3. The summed E-state index contributed by atoms with van der Waals surface area (Å²) in [5.41, 5.74) is -1.31. The van der Waals surface area contributed by atoms with E-state index in [0.717, 1.165) is 0 Å². The fraction of sp³-hybridized carbons (Fsp3) is 0.545. The van der Waals surface area contributed by atoms with Crippen LogP contribution in [0, 0.1) is 0 Å². The number of ether oxygens (including phenoxy) is 1. The van der Waals surface area contributed by atoms with Crippen molar-refractivity contribution in [2.75, 3.05) is 13.3 Å². The maximum atomic E-state index is 13.0. The third kappa shape index (κ3) is 1.71. The summed E-state index contributed by atoms with van der Waals surface area (Å²) >= 11 is 0. The summed E-state index contributed by atoms with van der Waals surface area (Å²) in [5.74, 6) is 0. The molecule has 0 bridgehead atoms. The van der Waals surface area contributed by atoms with E-state index < -0.39 is 37.3 Å². The molecule has 1 aliphatic heterocycles. The summed E-state index contributed by atoms with van der Waals surface area (Å²) in [5, 5.41) is 29.4. The van der Waals surface area contributed by atoms with Gasteiger partial charge in [0.15, 0.2) is 17.5 Å². The van der Waals surface area contributed by atoms with Gasteiger partial charge in [0.1, 0.15) is 30.7 Å². The Hall–Kier alpha value is -1.68. The van der Waals surface area contributed by atoms with Crippen LogP contribution in [0.3, 0.4) is 0 Å². The average molecular weight is 284 g/mol. The molecule has 3 N–H and O–H groups in total. The molecule has 9 heteroatoms. The average Bonchev–Trinajstić information content (AvgIpc) is 3.00. The van der Waals surface area contributed by atoms with Crippen LogP contribution >= 0.6 is 0 Å². The monoisotopic (exact) mass is 284 g/mol. The number of hydrogen-bond acceptors (Lipinski definition) is 7. The highest BCUT2D eigenvalue weighted by Crippen LogP contribution is 2.38. The van der Waals surface area contributed by atoms with Gasteiger partial charge >= 0.3 is 0 Å². The minimum absolute atomic E-state index is 0.379. The molecule has 20 heavy (non-hydrogen) atoms. The van der Waals surface area contributed by atoms with Gasteiger partial charge in [-0.3, -0.25) is 4.57 Å². The molecular weight excluding hydrogens is 271 g/mol. The van der Waals surface area contributed by atoms with Crippen LogP contribution in [0.25, 0.3) is 11.2 Å². The molecule has 0 unspecified atom stereocenters. The quantitative estimate of drug-likeness (QED) is 0.647. The van der Waals surface area contributed by atoms with E-state index in [1.165, 1.54) is 23.4 Å². The van der Waals surface area contributed by atoms with Crippen molar-refractivity contribution in [2.24, 2.45) is 0 Å². The van der Waals surface area contributed by atoms with E-state index in [9.17, 15) is 14.6 Å². The molecule has 0 aliphatic carbocycles. The molecule has 2 aromatic heterocycles. The van der Waals surface area contributed by atoms with Crippen LogP contribution in [0.15, 0.2) is 18.9 Å². The number of alkyl halides is 1. The summed E-state index contributed by atoms with van der Waals surface area (Å²) in [4.78, 5) is 11.8. The molecule has 4 atom stereocenters. The number of imidazole rings is 1. The first-order chi connectivity index (χ1) is 9.61. The van der Waals surface area contributed by atoms with Gasteiger partial charge in [-0.25, -0.2) is 19.3 Å². The maximum Gasteiger partial charge on any atom is 0.166 e. The lowest BCUT2D eigenvalue weighted by molar-refractivity contribution is -0.104. The van der Waals surface area contributed by atoms with Crippen molar-refractivity contribution in [3.8, 4) is 0 Å². The standard InChI is InChI=1S/C11H13FN4O4/c12-3-11(19)7(2-17)20-10(8(11)18)16-5-15-6-1-13-4-14-9(6)16/h1,4-5,7-8,10,17-19H,2-3H2/t7-,8+,10-,11-/m1/s1. The van der Waals surface area contributed by atoms with Crippen molar-refractivity contribution in [3.05, 3.63) is 18.9 Å². The van der Waals surface area contributed by atoms with E-state index in [1.54, 1.807) is 0 Å². The summed E-state index contributed by atoms with van der Waals surface area (Å²) < 4.78 is 19.8. The van der Waals surface area contributed by atoms with Gasteiger partial charge in [0, 0.05) is 0 Å².